The molecule has 2 heterocycles. The van der Waals surface area contributed by atoms with E-state index >= 15 is 0 Å². The highest BCUT2D eigenvalue weighted by Gasteiger charge is 2.17. The van der Waals surface area contributed by atoms with Crippen LogP contribution in [0.2, 0.25) is 0 Å². The fourth-order valence-corrected chi connectivity index (χ4v) is 2.78. The van der Waals surface area contributed by atoms with Crippen molar-refractivity contribution < 1.29 is 13.9 Å². The molecule has 0 spiro atoms. The van der Waals surface area contributed by atoms with Crippen LogP contribution in [0.25, 0.3) is 11.0 Å². The van der Waals surface area contributed by atoms with E-state index in [0.29, 0.717) is 17.2 Å². The van der Waals surface area contributed by atoms with Gasteiger partial charge < -0.3 is 14.5 Å². The van der Waals surface area contributed by atoms with E-state index < -0.39 is 0 Å². The van der Waals surface area contributed by atoms with E-state index in [9.17, 15) is 4.79 Å². The summed E-state index contributed by atoms with van der Waals surface area (Å²) < 4.78 is 11.2. The first-order valence-electron chi connectivity index (χ1n) is 6.61. The van der Waals surface area contributed by atoms with Crippen LogP contribution in [0, 0.1) is 0 Å². The number of carbonyl (C=O) groups excluding carboxylic acids is 1. The number of para-hydroxylation sites is 1. The molecule has 0 saturated heterocycles. The van der Waals surface area contributed by atoms with Gasteiger partial charge in [-0.25, -0.2) is 0 Å². The number of nitrogens with one attached hydrogen (secondary N) is 1. The normalized spacial score (nSPS) is 12.4. The molecular formula is C16H15NO3S. The second-order valence-corrected chi connectivity index (χ2v) is 5.55. The average molecular weight is 301 g/mol. The van der Waals surface area contributed by atoms with E-state index in [-0.39, 0.29) is 12.0 Å². The van der Waals surface area contributed by atoms with E-state index in [1.165, 1.54) is 11.3 Å². The molecule has 0 aliphatic carbocycles. The smallest absolute Gasteiger partial charge is 0.261 e. The van der Waals surface area contributed by atoms with Crippen LogP contribution < -0.4 is 5.32 Å². The van der Waals surface area contributed by atoms with Gasteiger partial charge in [0, 0.05) is 12.5 Å². The first-order chi connectivity index (χ1) is 10.3. The number of benzene rings is 1. The van der Waals surface area contributed by atoms with Gasteiger partial charge in [0.05, 0.1) is 11.4 Å². The third-order valence-electron chi connectivity index (χ3n) is 3.24. The van der Waals surface area contributed by atoms with Gasteiger partial charge in [-0.15, -0.1) is 11.3 Å². The van der Waals surface area contributed by atoms with Gasteiger partial charge in [0.15, 0.2) is 0 Å². The van der Waals surface area contributed by atoms with E-state index in [4.69, 9.17) is 9.15 Å². The fourth-order valence-electron chi connectivity index (χ4n) is 2.14. The largest absolute Gasteiger partial charge is 0.458 e. The minimum Gasteiger partial charge on any atom is -0.458 e. The Morgan fingerprint density at radius 3 is 2.90 bits per heavy atom. The van der Waals surface area contributed by atoms with Gasteiger partial charge >= 0.3 is 0 Å². The number of hydrogen-bond acceptors (Lipinski definition) is 4. The summed E-state index contributed by atoms with van der Waals surface area (Å²) in [5.74, 6) is 0.619. The van der Waals surface area contributed by atoms with E-state index in [1.54, 1.807) is 13.2 Å². The number of fused-ring (bicyclic) bond motifs is 1. The van der Waals surface area contributed by atoms with Crippen molar-refractivity contribution in [3.8, 4) is 0 Å². The minimum absolute atomic E-state index is 0.0943. The second-order valence-electron chi connectivity index (χ2n) is 4.60. The molecule has 0 saturated carbocycles. The van der Waals surface area contributed by atoms with Gasteiger partial charge in [0.2, 0.25) is 0 Å². The number of amides is 1. The lowest BCUT2D eigenvalue weighted by molar-refractivity contribution is 0.0749. The average Bonchev–Trinajstić information content (AvgIpc) is 3.17. The van der Waals surface area contributed by atoms with Gasteiger partial charge in [-0.05, 0) is 23.6 Å². The summed E-state index contributed by atoms with van der Waals surface area (Å²) in [4.78, 5) is 12.6. The van der Waals surface area contributed by atoms with Crippen LogP contribution in [0.1, 0.15) is 21.5 Å². The third-order valence-corrected chi connectivity index (χ3v) is 4.11. The van der Waals surface area contributed by atoms with Gasteiger partial charge in [-0.3, -0.25) is 4.79 Å². The first kappa shape index (κ1) is 13.9. The summed E-state index contributed by atoms with van der Waals surface area (Å²) in [5, 5.41) is 5.77. The predicted molar refractivity (Wildman–Crippen MR) is 82.6 cm³/mol. The van der Waals surface area contributed by atoms with Crippen LogP contribution in [0.4, 0.5) is 0 Å². The molecule has 0 bridgehead atoms. The Morgan fingerprint density at radius 2 is 2.19 bits per heavy atom. The maximum atomic E-state index is 11.9. The molecule has 0 radical (unpaired) electrons. The van der Waals surface area contributed by atoms with Crippen LogP contribution in [0.15, 0.2) is 52.3 Å². The van der Waals surface area contributed by atoms with Gasteiger partial charge in [-0.1, -0.05) is 24.3 Å². The zero-order chi connectivity index (χ0) is 14.7. The summed E-state index contributed by atoms with van der Waals surface area (Å²) in [6.07, 6.45) is -0.304. The molecule has 4 nitrogen and oxygen atoms in total. The Balaban J connectivity index is 1.71. The number of thiophene rings is 1. The van der Waals surface area contributed by atoms with E-state index in [1.807, 2.05) is 41.8 Å². The quantitative estimate of drug-likeness (QED) is 0.783. The number of hydrogen-bond donors (Lipinski definition) is 1. The Morgan fingerprint density at radius 1 is 1.33 bits per heavy atom. The molecule has 0 aliphatic heterocycles. The highest BCUT2D eigenvalue weighted by Crippen LogP contribution is 2.25. The Labute approximate surface area is 126 Å². The van der Waals surface area contributed by atoms with Crippen LogP contribution >= 0.6 is 11.3 Å². The van der Waals surface area contributed by atoms with Crippen molar-refractivity contribution in [1.82, 2.24) is 5.32 Å². The molecule has 108 valence electrons. The number of furan rings is 1. The SMILES string of the molecule is CO[C@H](CNC(=O)c1cccs1)c1cc2ccccc2o1. The molecule has 3 aromatic rings. The molecule has 1 amide bonds. The molecule has 1 N–H and O–H groups in total. The van der Waals surface area contributed by atoms with Crippen LogP contribution in [-0.4, -0.2) is 19.6 Å². The molecular weight excluding hydrogens is 286 g/mol. The predicted octanol–water partition coefficient (Wildman–Crippen LogP) is 3.61. The lowest BCUT2D eigenvalue weighted by Crippen LogP contribution is -2.28. The van der Waals surface area contributed by atoms with Crippen molar-refractivity contribution in [3.05, 3.63) is 58.5 Å². The molecule has 0 unspecified atom stereocenters. The van der Waals surface area contributed by atoms with E-state index in [2.05, 4.69) is 5.32 Å². The summed E-state index contributed by atoms with van der Waals surface area (Å²) in [6, 6.07) is 13.4. The summed E-state index contributed by atoms with van der Waals surface area (Å²) >= 11 is 1.41. The number of carbonyl (C=O) groups is 1. The Bertz CT molecular complexity index is 700. The minimum atomic E-state index is -0.304. The molecule has 2 aromatic heterocycles. The lowest BCUT2D eigenvalue weighted by atomic mass is 10.2. The summed E-state index contributed by atoms with van der Waals surface area (Å²) in [6.45, 7) is 0.368. The second kappa shape index (κ2) is 6.11. The van der Waals surface area contributed by atoms with Crippen LogP contribution in [-0.2, 0) is 4.74 Å². The zero-order valence-corrected chi connectivity index (χ0v) is 12.4. The maximum absolute atomic E-state index is 11.9. The van der Waals surface area contributed by atoms with Gasteiger partial charge in [0.1, 0.15) is 17.4 Å². The topological polar surface area (TPSA) is 51.5 Å². The van der Waals surface area contributed by atoms with Crippen molar-refractivity contribution in [3.63, 3.8) is 0 Å². The molecule has 0 fully saturated rings. The molecule has 5 heteroatoms. The number of ether oxygens (including phenoxy) is 1. The first-order valence-corrected chi connectivity index (χ1v) is 7.49. The molecule has 21 heavy (non-hydrogen) atoms. The molecule has 0 aliphatic rings. The van der Waals surface area contributed by atoms with Crippen molar-refractivity contribution in [2.75, 3.05) is 13.7 Å². The number of methoxy groups -OCH3 is 1. The molecule has 1 atom stereocenters. The molecule has 3 rings (SSSR count). The van der Waals surface area contributed by atoms with Crippen molar-refractivity contribution in [1.29, 1.82) is 0 Å². The molecule has 1 aromatic carbocycles. The van der Waals surface area contributed by atoms with Gasteiger partial charge in [-0.2, -0.15) is 0 Å². The monoisotopic (exact) mass is 301 g/mol. The van der Waals surface area contributed by atoms with Crippen molar-refractivity contribution in [2.45, 2.75) is 6.10 Å². The summed E-state index contributed by atoms with van der Waals surface area (Å²) in [5.41, 5.74) is 0.819. The third kappa shape index (κ3) is 2.99. The highest BCUT2D eigenvalue weighted by molar-refractivity contribution is 7.12. The van der Waals surface area contributed by atoms with Crippen LogP contribution in [0.5, 0.6) is 0 Å². The standard InChI is InChI=1S/C16H15NO3S/c1-19-14(10-17-16(18)15-7-4-8-21-15)13-9-11-5-2-3-6-12(11)20-13/h2-9,14H,10H2,1H3,(H,17,18)/t14-/m1/s1. The fraction of sp³-hybridized carbons (Fsp3) is 0.188. The maximum Gasteiger partial charge on any atom is 0.261 e. The highest BCUT2D eigenvalue weighted by atomic mass is 32.1. The number of rotatable bonds is 5. The summed E-state index contributed by atoms with van der Waals surface area (Å²) in [7, 11) is 1.61. The van der Waals surface area contributed by atoms with E-state index in [0.717, 1.165) is 11.0 Å². The van der Waals surface area contributed by atoms with Crippen molar-refractivity contribution in [2.24, 2.45) is 0 Å². The Hall–Kier alpha value is -2.11. The van der Waals surface area contributed by atoms with Gasteiger partial charge in [0.25, 0.3) is 5.91 Å². The Kier molecular flexibility index (Phi) is 4.03. The zero-order valence-electron chi connectivity index (χ0n) is 11.5. The van der Waals surface area contributed by atoms with Crippen molar-refractivity contribution >= 4 is 28.2 Å². The lowest BCUT2D eigenvalue weighted by Gasteiger charge is -2.13. The van der Waals surface area contributed by atoms with Crippen LogP contribution in [0.3, 0.4) is 0 Å².